The first-order valence-corrected chi connectivity index (χ1v) is 8.41. The van der Waals surface area contributed by atoms with Crippen molar-refractivity contribution in [1.29, 1.82) is 0 Å². The molecule has 7 heteroatoms. The number of aliphatic hydroxyl groups is 1. The molecule has 0 aliphatic heterocycles. The summed E-state index contributed by atoms with van der Waals surface area (Å²) in [6.07, 6.45) is 0. The van der Waals surface area contributed by atoms with Crippen molar-refractivity contribution in [2.75, 3.05) is 18.5 Å². The molecule has 0 atom stereocenters. The van der Waals surface area contributed by atoms with Crippen molar-refractivity contribution in [3.63, 3.8) is 0 Å². The third-order valence-electron chi connectivity index (χ3n) is 3.56. The van der Waals surface area contributed by atoms with Crippen LogP contribution in [0.4, 0.5) is 5.69 Å². The van der Waals surface area contributed by atoms with Gasteiger partial charge in [-0.3, -0.25) is 0 Å². The van der Waals surface area contributed by atoms with E-state index >= 15 is 0 Å². The number of aromatic nitrogens is 2. The lowest BCUT2D eigenvalue weighted by Crippen LogP contribution is -2.27. The number of aliphatic hydroxyl groups excluding tert-OH is 1. The van der Waals surface area contributed by atoms with Crippen LogP contribution in [-0.2, 0) is 17.9 Å². The second kappa shape index (κ2) is 8.57. The zero-order chi connectivity index (χ0) is 17.5. The SMILES string of the molecule is OCCOCc1nc2ccc(NC(=S)NCc3ccccc3)cc2[nH]1. The Bertz CT molecular complexity index is 835. The molecule has 0 aliphatic rings. The van der Waals surface area contributed by atoms with E-state index in [1.54, 1.807) is 0 Å². The Hall–Kier alpha value is -2.48. The molecule has 0 spiro atoms. The van der Waals surface area contributed by atoms with Gasteiger partial charge in [-0.1, -0.05) is 30.3 Å². The molecule has 0 radical (unpaired) electrons. The predicted octanol–water partition coefficient (Wildman–Crippen LogP) is 2.56. The summed E-state index contributed by atoms with van der Waals surface area (Å²) in [7, 11) is 0. The number of fused-ring (bicyclic) bond motifs is 1. The smallest absolute Gasteiger partial charge is 0.171 e. The number of thiocarbonyl (C=S) groups is 1. The first-order chi connectivity index (χ1) is 12.2. The van der Waals surface area contributed by atoms with Crippen LogP contribution < -0.4 is 10.6 Å². The molecule has 4 N–H and O–H groups in total. The molecule has 0 amide bonds. The number of nitrogens with zero attached hydrogens (tertiary/aromatic N) is 1. The third-order valence-corrected chi connectivity index (χ3v) is 3.81. The molecule has 0 saturated heterocycles. The molecular weight excluding hydrogens is 336 g/mol. The van der Waals surface area contributed by atoms with Crippen molar-refractivity contribution < 1.29 is 9.84 Å². The first-order valence-electron chi connectivity index (χ1n) is 8.00. The number of hydrogen-bond donors (Lipinski definition) is 4. The monoisotopic (exact) mass is 356 g/mol. The fourth-order valence-corrected chi connectivity index (χ4v) is 2.59. The van der Waals surface area contributed by atoms with Gasteiger partial charge in [0.25, 0.3) is 0 Å². The van der Waals surface area contributed by atoms with Gasteiger partial charge < -0.3 is 25.5 Å². The molecule has 0 unspecified atom stereocenters. The van der Waals surface area contributed by atoms with E-state index in [9.17, 15) is 0 Å². The highest BCUT2D eigenvalue weighted by molar-refractivity contribution is 7.80. The number of aromatic amines is 1. The molecule has 1 heterocycles. The first kappa shape index (κ1) is 17.3. The standard InChI is InChI=1S/C18H20N4O2S/c23-8-9-24-12-17-21-15-7-6-14(10-16(15)22-17)20-18(25)19-11-13-4-2-1-3-5-13/h1-7,10,23H,8-9,11-12H2,(H,21,22)(H2,19,20,25). The van der Waals surface area contributed by atoms with Gasteiger partial charge in [0.05, 0.1) is 24.2 Å². The average Bonchev–Trinajstić information content (AvgIpc) is 3.03. The largest absolute Gasteiger partial charge is 0.394 e. The lowest BCUT2D eigenvalue weighted by Gasteiger charge is -2.10. The van der Waals surface area contributed by atoms with Gasteiger partial charge >= 0.3 is 0 Å². The quantitative estimate of drug-likeness (QED) is 0.385. The zero-order valence-electron chi connectivity index (χ0n) is 13.7. The average molecular weight is 356 g/mol. The van der Waals surface area contributed by atoms with Gasteiger partial charge in [-0.05, 0) is 36.0 Å². The summed E-state index contributed by atoms with van der Waals surface area (Å²) in [6, 6.07) is 15.9. The van der Waals surface area contributed by atoms with Crippen LogP contribution in [0.2, 0.25) is 0 Å². The molecule has 3 rings (SSSR count). The van der Waals surface area contributed by atoms with E-state index in [-0.39, 0.29) is 6.61 Å². The van der Waals surface area contributed by atoms with E-state index in [2.05, 4.69) is 20.6 Å². The molecule has 130 valence electrons. The molecule has 0 fully saturated rings. The number of hydrogen-bond acceptors (Lipinski definition) is 4. The van der Waals surface area contributed by atoms with Crippen LogP contribution in [0.1, 0.15) is 11.4 Å². The summed E-state index contributed by atoms with van der Waals surface area (Å²) >= 11 is 5.34. The Labute approximate surface area is 151 Å². The molecule has 0 saturated carbocycles. The van der Waals surface area contributed by atoms with E-state index in [1.165, 1.54) is 5.56 Å². The molecule has 2 aromatic carbocycles. The normalized spacial score (nSPS) is 10.8. The summed E-state index contributed by atoms with van der Waals surface area (Å²) in [5, 5.41) is 15.7. The van der Waals surface area contributed by atoms with Crippen molar-refractivity contribution in [2.45, 2.75) is 13.2 Å². The van der Waals surface area contributed by atoms with E-state index in [0.29, 0.717) is 24.9 Å². The van der Waals surface area contributed by atoms with Crippen LogP contribution in [0.15, 0.2) is 48.5 Å². The van der Waals surface area contributed by atoms with Crippen molar-refractivity contribution in [3.05, 3.63) is 59.9 Å². The lowest BCUT2D eigenvalue weighted by molar-refractivity contribution is 0.0782. The van der Waals surface area contributed by atoms with E-state index in [0.717, 1.165) is 22.5 Å². The van der Waals surface area contributed by atoms with Gasteiger partial charge in [-0.25, -0.2) is 4.98 Å². The van der Waals surface area contributed by atoms with Crippen molar-refractivity contribution in [1.82, 2.24) is 15.3 Å². The number of nitrogens with one attached hydrogen (secondary N) is 3. The molecule has 0 aliphatic carbocycles. The fraction of sp³-hybridized carbons (Fsp3) is 0.222. The summed E-state index contributed by atoms with van der Waals surface area (Å²) in [6.45, 7) is 1.31. The van der Waals surface area contributed by atoms with E-state index < -0.39 is 0 Å². The Kier molecular flexibility index (Phi) is 5.95. The van der Waals surface area contributed by atoms with Crippen LogP contribution in [0.25, 0.3) is 11.0 Å². The summed E-state index contributed by atoms with van der Waals surface area (Å²) in [5.74, 6) is 0.727. The summed E-state index contributed by atoms with van der Waals surface area (Å²) in [5.41, 5.74) is 3.81. The molecule has 6 nitrogen and oxygen atoms in total. The number of anilines is 1. The van der Waals surface area contributed by atoms with Crippen molar-refractivity contribution in [2.24, 2.45) is 0 Å². The molecule has 25 heavy (non-hydrogen) atoms. The Balaban J connectivity index is 1.58. The van der Waals surface area contributed by atoms with Crippen LogP contribution in [0.3, 0.4) is 0 Å². The van der Waals surface area contributed by atoms with Crippen molar-refractivity contribution >= 4 is 34.1 Å². The Morgan fingerprint density at radius 3 is 2.84 bits per heavy atom. The van der Waals surface area contributed by atoms with Gasteiger partial charge in [0, 0.05) is 12.2 Å². The number of rotatable bonds is 7. The lowest BCUT2D eigenvalue weighted by atomic mass is 10.2. The minimum absolute atomic E-state index is 0.00171. The highest BCUT2D eigenvalue weighted by Crippen LogP contribution is 2.17. The zero-order valence-corrected chi connectivity index (χ0v) is 14.5. The topological polar surface area (TPSA) is 82.2 Å². The molecule has 0 bridgehead atoms. The van der Waals surface area contributed by atoms with Gasteiger partial charge in [-0.15, -0.1) is 0 Å². The van der Waals surface area contributed by atoms with Crippen LogP contribution in [0.5, 0.6) is 0 Å². The minimum atomic E-state index is 0.00171. The maximum atomic E-state index is 8.74. The van der Waals surface area contributed by atoms with Gasteiger partial charge in [-0.2, -0.15) is 0 Å². The maximum Gasteiger partial charge on any atom is 0.171 e. The van der Waals surface area contributed by atoms with Crippen molar-refractivity contribution in [3.8, 4) is 0 Å². The highest BCUT2D eigenvalue weighted by Gasteiger charge is 2.05. The van der Waals surface area contributed by atoms with Crippen LogP contribution >= 0.6 is 12.2 Å². The summed E-state index contributed by atoms with van der Waals surface area (Å²) < 4.78 is 5.28. The van der Waals surface area contributed by atoms with Crippen LogP contribution in [-0.4, -0.2) is 33.4 Å². The fourth-order valence-electron chi connectivity index (χ4n) is 2.40. The second-order valence-electron chi connectivity index (χ2n) is 5.48. The Morgan fingerprint density at radius 1 is 1.20 bits per heavy atom. The van der Waals surface area contributed by atoms with E-state index in [1.807, 2.05) is 48.5 Å². The second-order valence-corrected chi connectivity index (χ2v) is 5.89. The number of imidazole rings is 1. The summed E-state index contributed by atoms with van der Waals surface area (Å²) in [4.78, 5) is 7.65. The maximum absolute atomic E-state index is 8.74. The van der Waals surface area contributed by atoms with Gasteiger partial charge in [0.15, 0.2) is 5.11 Å². The number of ether oxygens (including phenoxy) is 1. The van der Waals surface area contributed by atoms with Crippen LogP contribution in [0, 0.1) is 0 Å². The predicted molar refractivity (Wildman–Crippen MR) is 102 cm³/mol. The van der Waals surface area contributed by atoms with E-state index in [4.69, 9.17) is 22.1 Å². The number of H-pyrrole nitrogens is 1. The van der Waals surface area contributed by atoms with Gasteiger partial charge in [0.1, 0.15) is 12.4 Å². The number of benzene rings is 2. The molecular formula is C18H20N4O2S. The molecule has 1 aromatic heterocycles. The Morgan fingerprint density at radius 2 is 2.04 bits per heavy atom. The van der Waals surface area contributed by atoms with Gasteiger partial charge in [0.2, 0.25) is 0 Å². The minimum Gasteiger partial charge on any atom is -0.394 e. The third kappa shape index (κ3) is 4.99. The highest BCUT2D eigenvalue weighted by atomic mass is 32.1. The molecule has 3 aromatic rings.